The predicted octanol–water partition coefficient (Wildman–Crippen LogP) is 3.54. The van der Waals surface area contributed by atoms with E-state index in [1.807, 2.05) is 30.5 Å². The third-order valence-electron chi connectivity index (χ3n) is 6.42. The lowest BCUT2D eigenvalue weighted by Gasteiger charge is -2.34. The van der Waals surface area contributed by atoms with Gasteiger partial charge in [-0.05, 0) is 56.1 Å². The van der Waals surface area contributed by atoms with E-state index in [1.165, 1.54) is 30.3 Å². The number of imidazole rings is 1. The molecule has 0 bridgehead atoms. The normalized spacial score (nSPS) is 16.7. The number of hydrogen-bond donors (Lipinski definition) is 1. The molecular formula is C26H31N5OS. The number of benzene rings is 1. The quantitative estimate of drug-likeness (QED) is 0.494. The molecule has 1 amide bonds. The van der Waals surface area contributed by atoms with E-state index in [9.17, 15) is 4.79 Å². The average Bonchev–Trinajstić information content (AvgIpc) is 3.28. The molecule has 33 heavy (non-hydrogen) atoms. The molecule has 6 nitrogen and oxygen atoms in total. The summed E-state index contributed by atoms with van der Waals surface area (Å²) in [6, 6.07) is 16.8. The number of nitrogens with zero attached hydrogens (tertiary/aromatic N) is 4. The maximum Gasteiger partial charge on any atom is 0.258 e. The van der Waals surface area contributed by atoms with Crippen molar-refractivity contribution in [1.29, 1.82) is 0 Å². The van der Waals surface area contributed by atoms with Gasteiger partial charge >= 0.3 is 0 Å². The Bertz CT molecular complexity index is 1120. The lowest BCUT2D eigenvalue weighted by atomic mass is 10.1. The highest BCUT2D eigenvalue weighted by Gasteiger charge is 2.20. The molecule has 2 aliphatic heterocycles. The van der Waals surface area contributed by atoms with Gasteiger partial charge in [0.15, 0.2) is 0 Å². The van der Waals surface area contributed by atoms with Crippen molar-refractivity contribution in [3.63, 3.8) is 0 Å². The first-order chi connectivity index (χ1) is 16.3. The second kappa shape index (κ2) is 10.5. The van der Waals surface area contributed by atoms with E-state index < -0.39 is 0 Å². The Morgan fingerprint density at radius 1 is 0.939 bits per heavy atom. The van der Waals surface area contributed by atoms with Gasteiger partial charge in [-0.25, -0.2) is 4.98 Å². The van der Waals surface area contributed by atoms with Crippen LogP contribution in [-0.4, -0.2) is 70.9 Å². The van der Waals surface area contributed by atoms with Gasteiger partial charge in [-0.3, -0.25) is 9.20 Å². The lowest BCUT2D eigenvalue weighted by molar-refractivity contribution is -0.116. The summed E-state index contributed by atoms with van der Waals surface area (Å²) >= 11 is 1.51. The van der Waals surface area contributed by atoms with Crippen molar-refractivity contribution in [2.45, 2.75) is 24.3 Å². The van der Waals surface area contributed by atoms with Gasteiger partial charge < -0.3 is 15.1 Å². The molecule has 4 heterocycles. The van der Waals surface area contributed by atoms with Gasteiger partial charge in [0, 0.05) is 32.7 Å². The number of piperazine rings is 1. The van der Waals surface area contributed by atoms with Crippen LogP contribution in [-0.2, 0) is 11.2 Å². The summed E-state index contributed by atoms with van der Waals surface area (Å²) in [6.07, 6.45) is 7.12. The van der Waals surface area contributed by atoms with Gasteiger partial charge in [-0.1, -0.05) is 48.2 Å². The molecule has 2 aliphatic rings. The highest BCUT2D eigenvalue weighted by molar-refractivity contribution is 8.04. The van der Waals surface area contributed by atoms with Crippen molar-refractivity contribution in [2.75, 3.05) is 45.8 Å². The molecule has 1 N–H and O–H groups in total. The molecule has 1 fully saturated rings. The zero-order chi connectivity index (χ0) is 22.5. The lowest BCUT2D eigenvalue weighted by Crippen LogP contribution is -2.47. The van der Waals surface area contributed by atoms with Crippen LogP contribution in [0.1, 0.15) is 24.1 Å². The van der Waals surface area contributed by atoms with E-state index in [1.54, 1.807) is 0 Å². The summed E-state index contributed by atoms with van der Waals surface area (Å²) in [5.41, 5.74) is 3.32. The standard InChI is InChI=1S/C26H31N5OS/c32-26(23-19-22-20-28-24-10-4-11-25(33-23)31(22)24)27-12-6-14-30-17-15-29(16-18-30)13-5-9-21-7-2-1-3-8-21/h1-4,7-8,10-11,19-20H,5-6,9,12-18H2,(H,27,32). The first-order valence-corrected chi connectivity index (χ1v) is 12.7. The van der Waals surface area contributed by atoms with Crippen molar-refractivity contribution < 1.29 is 4.79 Å². The first kappa shape index (κ1) is 22.2. The number of aryl methyl sites for hydroxylation is 1. The Balaban J connectivity index is 0.987. The van der Waals surface area contributed by atoms with Gasteiger partial charge in [0.05, 0.1) is 21.8 Å². The number of pyridine rings is 1. The zero-order valence-corrected chi connectivity index (χ0v) is 19.8. The van der Waals surface area contributed by atoms with E-state index >= 15 is 0 Å². The molecule has 0 spiro atoms. The highest BCUT2D eigenvalue weighted by Crippen LogP contribution is 2.34. The summed E-state index contributed by atoms with van der Waals surface area (Å²) in [4.78, 5) is 22.9. The molecule has 172 valence electrons. The van der Waals surface area contributed by atoms with Crippen LogP contribution >= 0.6 is 11.8 Å². The molecule has 0 atom stereocenters. The third kappa shape index (κ3) is 5.49. The van der Waals surface area contributed by atoms with E-state index in [0.29, 0.717) is 6.54 Å². The summed E-state index contributed by atoms with van der Waals surface area (Å²) < 4.78 is 2.09. The Hall–Kier alpha value is -2.61. The zero-order valence-electron chi connectivity index (χ0n) is 18.9. The smallest absolute Gasteiger partial charge is 0.258 e. The van der Waals surface area contributed by atoms with Crippen molar-refractivity contribution in [3.05, 3.63) is 70.9 Å². The van der Waals surface area contributed by atoms with Crippen molar-refractivity contribution in [1.82, 2.24) is 24.5 Å². The number of rotatable bonds is 9. The number of aromatic nitrogens is 2. The van der Waals surface area contributed by atoms with Crippen LogP contribution in [0.3, 0.4) is 0 Å². The molecule has 7 heteroatoms. The number of amides is 1. The molecular weight excluding hydrogens is 430 g/mol. The Kier molecular flexibility index (Phi) is 7.09. The van der Waals surface area contributed by atoms with Crippen LogP contribution in [0.25, 0.3) is 11.7 Å². The summed E-state index contributed by atoms with van der Waals surface area (Å²) in [5.74, 6) is 0.00712. The Morgan fingerprint density at radius 2 is 1.70 bits per heavy atom. The van der Waals surface area contributed by atoms with Gasteiger partial charge in [0.25, 0.3) is 5.91 Å². The summed E-state index contributed by atoms with van der Waals surface area (Å²) in [5, 5.41) is 4.14. The molecule has 1 aromatic carbocycles. The van der Waals surface area contributed by atoms with Crippen LogP contribution < -0.4 is 5.32 Å². The van der Waals surface area contributed by atoms with Crippen molar-refractivity contribution >= 4 is 29.4 Å². The maximum absolute atomic E-state index is 12.7. The number of hydrogen-bond acceptors (Lipinski definition) is 5. The maximum atomic E-state index is 12.7. The monoisotopic (exact) mass is 461 g/mol. The van der Waals surface area contributed by atoms with Crippen LogP contribution in [0.5, 0.6) is 0 Å². The number of carbonyl (C=O) groups is 1. The van der Waals surface area contributed by atoms with E-state index in [4.69, 9.17) is 0 Å². The predicted molar refractivity (Wildman–Crippen MR) is 134 cm³/mol. The summed E-state index contributed by atoms with van der Waals surface area (Å²) in [6.45, 7) is 7.45. The molecule has 0 aliphatic carbocycles. The fraction of sp³-hybridized carbons (Fsp3) is 0.385. The average molecular weight is 462 g/mol. The summed E-state index contributed by atoms with van der Waals surface area (Å²) in [7, 11) is 0. The fourth-order valence-electron chi connectivity index (χ4n) is 4.58. The van der Waals surface area contributed by atoms with E-state index in [-0.39, 0.29) is 5.91 Å². The molecule has 0 saturated carbocycles. The first-order valence-electron chi connectivity index (χ1n) is 11.9. The van der Waals surface area contributed by atoms with Gasteiger partial charge in [-0.2, -0.15) is 0 Å². The van der Waals surface area contributed by atoms with Gasteiger partial charge in [-0.15, -0.1) is 0 Å². The van der Waals surface area contributed by atoms with Crippen LogP contribution in [0.15, 0.2) is 64.7 Å². The number of thioether (sulfide) groups is 1. The van der Waals surface area contributed by atoms with E-state index in [0.717, 1.165) is 66.8 Å². The van der Waals surface area contributed by atoms with Gasteiger partial charge in [0.1, 0.15) is 5.65 Å². The fourth-order valence-corrected chi connectivity index (χ4v) is 5.58. The Labute approximate surface area is 199 Å². The van der Waals surface area contributed by atoms with Crippen LogP contribution in [0.2, 0.25) is 0 Å². The molecule has 5 rings (SSSR count). The highest BCUT2D eigenvalue weighted by atomic mass is 32.2. The third-order valence-corrected chi connectivity index (χ3v) is 7.47. The SMILES string of the molecule is O=C(NCCCN1CCN(CCCc2ccccc2)CC1)C1=Cc2cnc3cccc(n23)S1. The molecule has 0 radical (unpaired) electrons. The Morgan fingerprint density at radius 3 is 2.48 bits per heavy atom. The minimum atomic E-state index is 0.00712. The second-order valence-electron chi connectivity index (χ2n) is 8.73. The minimum absolute atomic E-state index is 0.00712. The second-order valence-corrected chi connectivity index (χ2v) is 9.80. The largest absolute Gasteiger partial charge is 0.352 e. The minimum Gasteiger partial charge on any atom is -0.352 e. The van der Waals surface area contributed by atoms with Crippen molar-refractivity contribution in [2.24, 2.45) is 0 Å². The number of carbonyl (C=O) groups excluding carboxylic acids is 1. The number of nitrogens with one attached hydrogen (secondary N) is 1. The van der Waals surface area contributed by atoms with Crippen molar-refractivity contribution in [3.8, 4) is 0 Å². The molecule has 0 unspecified atom stereocenters. The van der Waals surface area contributed by atoms with E-state index in [2.05, 4.69) is 54.8 Å². The molecule has 2 aromatic heterocycles. The van der Waals surface area contributed by atoms with Crippen LogP contribution in [0, 0.1) is 0 Å². The van der Waals surface area contributed by atoms with Crippen LogP contribution in [0.4, 0.5) is 0 Å². The molecule has 3 aromatic rings. The topological polar surface area (TPSA) is 52.9 Å². The van der Waals surface area contributed by atoms with Gasteiger partial charge in [0.2, 0.25) is 0 Å². The molecule has 1 saturated heterocycles.